The Labute approximate surface area is 204 Å². The predicted octanol–water partition coefficient (Wildman–Crippen LogP) is 2.91. The minimum atomic E-state index is -0.00317. The fraction of sp³-hybridized carbons (Fsp3) is 0.640. The molecule has 0 spiro atoms. The Bertz CT molecular complexity index is 1190. The van der Waals surface area contributed by atoms with E-state index in [9.17, 15) is 0 Å². The number of hydrogen-bond acceptors (Lipinski definition) is 8. The molecule has 7 rings (SSSR count). The molecule has 7 heterocycles. The van der Waals surface area contributed by atoms with Crippen LogP contribution >= 0.6 is 0 Å². The zero-order chi connectivity index (χ0) is 23.4. The monoisotopic (exact) mass is 479 g/mol. The molecule has 186 valence electrons. The summed E-state index contributed by atoms with van der Waals surface area (Å²) in [5, 5.41) is 10.7. The molecule has 4 aliphatic rings. The van der Waals surface area contributed by atoms with Crippen LogP contribution in [0, 0.1) is 0 Å². The molecule has 4 aliphatic heterocycles. The number of pyridine rings is 1. The summed E-state index contributed by atoms with van der Waals surface area (Å²) >= 11 is 0. The van der Waals surface area contributed by atoms with Crippen LogP contribution in [0.2, 0.25) is 0 Å². The highest BCUT2D eigenvalue weighted by molar-refractivity contribution is 5.92. The second-order valence-corrected chi connectivity index (χ2v) is 10.2. The van der Waals surface area contributed by atoms with Crippen LogP contribution in [0.15, 0.2) is 24.5 Å². The minimum Gasteiger partial charge on any atom is -0.377 e. The van der Waals surface area contributed by atoms with E-state index < -0.39 is 0 Å². The van der Waals surface area contributed by atoms with Gasteiger partial charge in [0, 0.05) is 37.5 Å². The molecule has 35 heavy (non-hydrogen) atoms. The zero-order valence-electron chi connectivity index (χ0n) is 20.3. The second-order valence-electron chi connectivity index (χ2n) is 10.2. The van der Waals surface area contributed by atoms with Gasteiger partial charge in [-0.25, -0.2) is 9.67 Å². The van der Waals surface area contributed by atoms with Gasteiger partial charge in [0.1, 0.15) is 12.0 Å². The molecule has 3 aromatic heterocycles. The Balaban J connectivity index is 1.33. The Kier molecular flexibility index (Phi) is 5.40. The zero-order valence-corrected chi connectivity index (χ0v) is 20.3. The lowest BCUT2D eigenvalue weighted by Crippen LogP contribution is -2.47. The summed E-state index contributed by atoms with van der Waals surface area (Å²) in [5.74, 6) is 1.78. The van der Waals surface area contributed by atoms with Crippen molar-refractivity contribution in [2.75, 3.05) is 49.4 Å². The summed E-state index contributed by atoms with van der Waals surface area (Å²) < 4.78 is 21.4. The fourth-order valence-electron chi connectivity index (χ4n) is 6.13. The van der Waals surface area contributed by atoms with Crippen molar-refractivity contribution in [3.8, 4) is 5.82 Å². The van der Waals surface area contributed by atoms with Gasteiger partial charge >= 0.3 is 0 Å². The van der Waals surface area contributed by atoms with E-state index in [1.165, 1.54) is 12.1 Å². The summed E-state index contributed by atoms with van der Waals surface area (Å²) in [6.07, 6.45) is 9.51. The third-order valence-electron chi connectivity index (χ3n) is 7.95. The molecular weight excluding hydrogens is 446 g/mol. The van der Waals surface area contributed by atoms with Crippen molar-refractivity contribution in [1.82, 2.24) is 24.5 Å². The first-order valence-electron chi connectivity index (χ1n) is 13.0. The summed E-state index contributed by atoms with van der Waals surface area (Å²) in [6, 6.07) is 5.32. The summed E-state index contributed by atoms with van der Waals surface area (Å²) in [7, 11) is 0. The van der Waals surface area contributed by atoms with E-state index in [1.807, 2.05) is 27.8 Å². The molecule has 0 N–H and O–H groups in total. The van der Waals surface area contributed by atoms with E-state index in [4.69, 9.17) is 29.4 Å². The molecule has 0 aromatic carbocycles. The Morgan fingerprint density at radius 2 is 1.86 bits per heavy atom. The number of anilines is 2. The Morgan fingerprint density at radius 1 is 0.971 bits per heavy atom. The Morgan fingerprint density at radius 3 is 2.66 bits per heavy atom. The van der Waals surface area contributed by atoms with Gasteiger partial charge in [0.15, 0.2) is 11.5 Å². The number of hydrogen-bond donors (Lipinski definition) is 0. The lowest BCUT2D eigenvalue weighted by Gasteiger charge is -2.38. The highest BCUT2D eigenvalue weighted by Gasteiger charge is 2.39. The molecule has 4 atom stereocenters. The molecule has 2 bridgehead atoms. The van der Waals surface area contributed by atoms with Crippen LogP contribution in [0.1, 0.15) is 45.3 Å². The molecule has 0 saturated carbocycles. The molecule has 0 radical (unpaired) electrons. The number of morpholine rings is 2. The maximum absolute atomic E-state index is 5.94. The smallest absolute Gasteiger partial charge is 0.177 e. The van der Waals surface area contributed by atoms with Crippen LogP contribution < -0.4 is 9.80 Å². The van der Waals surface area contributed by atoms with Crippen LogP contribution in [0.4, 0.5) is 11.5 Å². The topological polar surface area (TPSA) is 82.7 Å². The van der Waals surface area contributed by atoms with Crippen LogP contribution in [-0.4, -0.2) is 82.2 Å². The van der Waals surface area contributed by atoms with Gasteiger partial charge in [-0.15, -0.1) is 0 Å². The largest absolute Gasteiger partial charge is 0.377 e. The highest BCUT2D eigenvalue weighted by Crippen LogP contribution is 2.38. The SMILES string of the molecule is C[C@H]1COCCN1c1cc(N2C3CCC2COC3)nc2c1cnn2-c1ccn(C2CCCCO2)n1. The van der Waals surface area contributed by atoms with Crippen LogP contribution in [0.25, 0.3) is 16.9 Å². The van der Waals surface area contributed by atoms with E-state index in [2.05, 4.69) is 22.8 Å². The molecule has 4 saturated heterocycles. The van der Waals surface area contributed by atoms with Gasteiger partial charge in [0.25, 0.3) is 0 Å². The molecule has 10 heteroatoms. The summed E-state index contributed by atoms with van der Waals surface area (Å²) in [6.45, 7) is 6.86. The van der Waals surface area contributed by atoms with E-state index in [-0.39, 0.29) is 12.3 Å². The fourth-order valence-corrected chi connectivity index (χ4v) is 6.13. The van der Waals surface area contributed by atoms with Crippen LogP contribution in [-0.2, 0) is 14.2 Å². The minimum absolute atomic E-state index is 0.00317. The quantitative estimate of drug-likeness (QED) is 0.565. The van der Waals surface area contributed by atoms with E-state index >= 15 is 0 Å². The van der Waals surface area contributed by atoms with Gasteiger partial charge in [-0.1, -0.05) is 0 Å². The van der Waals surface area contributed by atoms with Crippen molar-refractivity contribution < 1.29 is 14.2 Å². The molecule has 3 unspecified atom stereocenters. The van der Waals surface area contributed by atoms with Crippen molar-refractivity contribution in [2.45, 2.75) is 63.4 Å². The Hall–Kier alpha value is -2.69. The van der Waals surface area contributed by atoms with Crippen molar-refractivity contribution in [2.24, 2.45) is 0 Å². The number of rotatable bonds is 4. The molecule has 3 aromatic rings. The molecule has 4 fully saturated rings. The molecule has 0 amide bonds. The lowest BCUT2D eigenvalue weighted by molar-refractivity contribution is -0.0395. The molecule has 10 nitrogen and oxygen atoms in total. The van der Waals surface area contributed by atoms with Crippen LogP contribution in [0.5, 0.6) is 0 Å². The van der Waals surface area contributed by atoms with Crippen molar-refractivity contribution in [3.05, 3.63) is 24.5 Å². The average Bonchev–Trinajstić information content (AvgIpc) is 3.60. The second kappa shape index (κ2) is 8.76. The normalized spacial score (nSPS) is 29.3. The maximum atomic E-state index is 5.94. The summed E-state index contributed by atoms with van der Waals surface area (Å²) in [4.78, 5) is 10.1. The first-order chi connectivity index (χ1) is 17.3. The lowest BCUT2D eigenvalue weighted by atomic mass is 10.1. The van der Waals surface area contributed by atoms with Gasteiger partial charge in [-0.3, -0.25) is 0 Å². The molecule has 0 aliphatic carbocycles. The number of fused-ring (bicyclic) bond motifs is 3. The average molecular weight is 480 g/mol. The van der Waals surface area contributed by atoms with Crippen molar-refractivity contribution >= 4 is 22.5 Å². The maximum Gasteiger partial charge on any atom is 0.177 e. The van der Waals surface area contributed by atoms with Crippen molar-refractivity contribution in [3.63, 3.8) is 0 Å². The van der Waals surface area contributed by atoms with E-state index in [1.54, 1.807) is 0 Å². The third kappa shape index (κ3) is 3.70. The first-order valence-corrected chi connectivity index (χ1v) is 13.0. The van der Waals surface area contributed by atoms with Gasteiger partial charge < -0.3 is 24.0 Å². The predicted molar refractivity (Wildman–Crippen MR) is 131 cm³/mol. The van der Waals surface area contributed by atoms with Crippen LogP contribution in [0.3, 0.4) is 0 Å². The third-order valence-corrected chi connectivity index (χ3v) is 7.95. The van der Waals surface area contributed by atoms with Gasteiger partial charge in [-0.2, -0.15) is 14.9 Å². The highest BCUT2D eigenvalue weighted by atomic mass is 16.5. The number of ether oxygens (including phenoxy) is 3. The summed E-state index contributed by atoms with van der Waals surface area (Å²) in [5.41, 5.74) is 2.02. The van der Waals surface area contributed by atoms with E-state index in [0.29, 0.717) is 12.1 Å². The molecular formula is C25H33N7O3. The van der Waals surface area contributed by atoms with Gasteiger partial charge in [-0.05, 0) is 39.0 Å². The number of aromatic nitrogens is 5. The first kappa shape index (κ1) is 21.6. The van der Waals surface area contributed by atoms with Gasteiger partial charge in [0.05, 0.1) is 55.8 Å². The number of nitrogens with zero attached hydrogens (tertiary/aromatic N) is 7. The van der Waals surface area contributed by atoms with E-state index in [0.717, 1.165) is 87.9 Å². The van der Waals surface area contributed by atoms with Crippen molar-refractivity contribution in [1.29, 1.82) is 0 Å². The standard InChI is InChI=1S/C25H33N7O3/c1-17-14-33-11-9-29(17)21-12-23(31-18-5-6-19(31)16-34-15-18)27-25-20(21)13-26-32(25)22-7-8-30(28-22)24-4-2-3-10-35-24/h7-8,12-13,17-19,24H,2-6,9-11,14-16H2,1H3/t17-,18?,19?,24?/m0/s1. The van der Waals surface area contributed by atoms with Gasteiger partial charge in [0.2, 0.25) is 0 Å².